The van der Waals surface area contributed by atoms with Gasteiger partial charge in [-0.1, -0.05) is 67.2 Å². The van der Waals surface area contributed by atoms with Gasteiger partial charge in [0.25, 0.3) is 0 Å². The Kier molecular flexibility index (Phi) is 11.1. The highest BCUT2D eigenvalue weighted by Crippen LogP contribution is 2.45. The van der Waals surface area contributed by atoms with Crippen LogP contribution in [0.4, 0.5) is 8.78 Å². The molecule has 4 nitrogen and oxygen atoms in total. The number of benzene rings is 2. The molecule has 0 radical (unpaired) electrons. The lowest BCUT2D eigenvalue weighted by molar-refractivity contribution is -0.286. The molecular formula is C31H46F2O4. The SMILES string of the molecule is C.C.CCCCCC1Cc2cc(O)c(O)cc2C1.CCCCCC1Cc2cc3c(cc2C1)OC(F)(F)O3. The largest absolute Gasteiger partial charge is 0.586 e. The van der Waals surface area contributed by atoms with E-state index in [0.717, 1.165) is 36.8 Å². The van der Waals surface area contributed by atoms with Gasteiger partial charge in [0.1, 0.15) is 0 Å². The van der Waals surface area contributed by atoms with E-state index < -0.39 is 6.29 Å². The van der Waals surface area contributed by atoms with Crippen LogP contribution in [0.1, 0.15) is 102 Å². The summed E-state index contributed by atoms with van der Waals surface area (Å²) in [5.74, 6) is 1.75. The Morgan fingerprint density at radius 1 is 0.676 bits per heavy atom. The third-order valence-electron chi connectivity index (χ3n) is 7.49. The monoisotopic (exact) mass is 520 g/mol. The number of rotatable bonds is 8. The van der Waals surface area contributed by atoms with E-state index in [1.165, 1.54) is 62.5 Å². The number of alkyl halides is 2. The Hall–Kier alpha value is -2.50. The predicted molar refractivity (Wildman–Crippen MR) is 146 cm³/mol. The second kappa shape index (κ2) is 13.3. The molecular weight excluding hydrogens is 474 g/mol. The van der Waals surface area contributed by atoms with Crippen LogP contribution >= 0.6 is 0 Å². The van der Waals surface area contributed by atoms with Crippen LogP contribution in [-0.2, 0) is 25.7 Å². The maximum Gasteiger partial charge on any atom is 0.586 e. The van der Waals surface area contributed by atoms with Gasteiger partial charge in [-0.2, -0.15) is 0 Å². The van der Waals surface area contributed by atoms with Crippen LogP contribution in [0.25, 0.3) is 0 Å². The van der Waals surface area contributed by atoms with Gasteiger partial charge >= 0.3 is 6.29 Å². The van der Waals surface area contributed by atoms with E-state index >= 15 is 0 Å². The molecule has 6 heteroatoms. The second-order valence-corrected chi connectivity index (χ2v) is 10.4. The molecule has 1 heterocycles. The van der Waals surface area contributed by atoms with Gasteiger partial charge in [-0.05, 0) is 96.9 Å². The zero-order valence-electron chi connectivity index (χ0n) is 20.9. The number of phenols is 2. The van der Waals surface area contributed by atoms with Gasteiger partial charge in [0.15, 0.2) is 23.0 Å². The second-order valence-electron chi connectivity index (χ2n) is 10.4. The summed E-state index contributed by atoms with van der Waals surface area (Å²) in [6.07, 6.45) is 10.7. The van der Waals surface area contributed by atoms with Gasteiger partial charge < -0.3 is 19.7 Å². The van der Waals surface area contributed by atoms with E-state index in [-0.39, 0.29) is 37.9 Å². The minimum Gasteiger partial charge on any atom is -0.504 e. The van der Waals surface area contributed by atoms with Crippen LogP contribution in [0.15, 0.2) is 24.3 Å². The smallest absolute Gasteiger partial charge is 0.504 e. The lowest BCUT2D eigenvalue weighted by atomic mass is 9.98. The van der Waals surface area contributed by atoms with E-state index in [4.69, 9.17) is 0 Å². The molecule has 0 saturated heterocycles. The van der Waals surface area contributed by atoms with Crippen molar-refractivity contribution in [2.45, 2.75) is 112 Å². The molecule has 2 aromatic rings. The topological polar surface area (TPSA) is 58.9 Å². The molecule has 5 rings (SSSR count). The van der Waals surface area contributed by atoms with Crippen molar-refractivity contribution in [1.29, 1.82) is 0 Å². The third-order valence-corrected chi connectivity index (χ3v) is 7.49. The Labute approximate surface area is 222 Å². The summed E-state index contributed by atoms with van der Waals surface area (Å²) in [5.41, 5.74) is 4.72. The number of aromatic hydroxyl groups is 2. The normalized spacial score (nSPS) is 16.8. The van der Waals surface area contributed by atoms with Crippen molar-refractivity contribution in [1.82, 2.24) is 0 Å². The highest BCUT2D eigenvalue weighted by Gasteiger charge is 2.44. The fourth-order valence-corrected chi connectivity index (χ4v) is 5.67. The third kappa shape index (κ3) is 7.75. The quantitative estimate of drug-likeness (QED) is 0.269. The minimum absolute atomic E-state index is 0. The molecule has 2 aromatic carbocycles. The number of unbranched alkanes of at least 4 members (excludes halogenated alkanes) is 4. The summed E-state index contributed by atoms with van der Waals surface area (Å²) in [7, 11) is 0. The van der Waals surface area contributed by atoms with E-state index in [2.05, 4.69) is 23.3 Å². The molecule has 2 aliphatic carbocycles. The van der Waals surface area contributed by atoms with Crippen LogP contribution in [0, 0.1) is 11.8 Å². The van der Waals surface area contributed by atoms with Crippen molar-refractivity contribution in [2.75, 3.05) is 0 Å². The molecule has 0 aromatic heterocycles. The van der Waals surface area contributed by atoms with Gasteiger partial charge in [0, 0.05) is 0 Å². The maximum atomic E-state index is 13.0. The number of hydrogen-bond acceptors (Lipinski definition) is 4. The summed E-state index contributed by atoms with van der Waals surface area (Å²) >= 11 is 0. The Balaban J connectivity index is 0.000000250. The molecule has 208 valence electrons. The van der Waals surface area contributed by atoms with E-state index in [9.17, 15) is 19.0 Å². The number of halogens is 2. The molecule has 0 spiro atoms. The van der Waals surface area contributed by atoms with E-state index in [1.807, 2.05) is 0 Å². The fraction of sp³-hybridized carbons (Fsp3) is 0.613. The number of hydrogen-bond donors (Lipinski definition) is 2. The number of phenolic OH excluding ortho intramolecular Hbond substituents is 2. The molecule has 2 N–H and O–H groups in total. The van der Waals surface area contributed by atoms with Crippen LogP contribution in [0.2, 0.25) is 0 Å². The summed E-state index contributed by atoms with van der Waals surface area (Å²) < 4.78 is 34.9. The molecule has 1 aliphatic heterocycles. The van der Waals surface area contributed by atoms with E-state index in [0.29, 0.717) is 11.8 Å². The first-order valence-corrected chi connectivity index (χ1v) is 13.2. The first-order chi connectivity index (χ1) is 16.8. The lowest BCUT2D eigenvalue weighted by Crippen LogP contribution is -2.25. The standard InChI is InChI=1S/C15H18F2O2.C14H20O2.2CH4/c1-2-3-4-5-10-6-11-8-13-14(9-12(11)7-10)19-15(16,17)18-13;1-2-3-4-5-10-6-11-8-13(15)14(16)9-12(11)7-10;;/h8-10H,2-7H2,1H3;8-10,15-16H,2-7H2,1H3;2*1H4. The molecule has 0 amide bonds. The summed E-state index contributed by atoms with van der Waals surface area (Å²) in [5, 5.41) is 18.9. The van der Waals surface area contributed by atoms with Crippen LogP contribution < -0.4 is 9.47 Å². The Bertz CT molecular complexity index is 953. The van der Waals surface area contributed by atoms with Gasteiger partial charge in [-0.3, -0.25) is 0 Å². The summed E-state index contributed by atoms with van der Waals surface area (Å²) in [4.78, 5) is 0. The van der Waals surface area contributed by atoms with Crippen molar-refractivity contribution in [2.24, 2.45) is 11.8 Å². The predicted octanol–water partition coefficient (Wildman–Crippen LogP) is 8.97. The maximum absolute atomic E-state index is 13.0. The number of fused-ring (bicyclic) bond motifs is 3. The molecule has 0 fully saturated rings. The minimum atomic E-state index is -3.50. The first kappa shape index (κ1) is 30.7. The average Bonchev–Trinajstić information content (AvgIpc) is 3.45. The van der Waals surface area contributed by atoms with Gasteiger partial charge in [-0.15, -0.1) is 8.78 Å². The van der Waals surface area contributed by atoms with Crippen LogP contribution in [0.5, 0.6) is 23.0 Å². The zero-order chi connectivity index (χ0) is 25.0. The molecule has 0 bridgehead atoms. The Morgan fingerprint density at radius 3 is 1.38 bits per heavy atom. The van der Waals surface area contributed by atoms with Crippen molar-refractivity contribution >= 4 is 0 Å². The summed E-state index contributed by atoms with van der Waals surface area (Å²) in [6, 6.07) is 6.91. The molecule has 37 heavy (non-hydrogen) atoms. The van der Waals surface area contributed by atoms with Gasteiger partial charge in [-0.25, -0.2) is 0 Å². The highest BCUT2D eigenvalue weighted by atomic mass is 19.3. The Morgan fingerprint density at radius 2 is 1.03 bits per heavy atom. The molecule has 0 atom stereocenters. The highest BCUT2D eigenvalue weighted by molar-refractivity contribution is 5.51. The van der Waals surface area contributed by atoms with Crippen molar-refractivity contribution in [3.8, 4) is 23.0 Å². The van der Waals surface area contributed by atoms with Crippen molar-refractivity contribution in [3.05, 3.63) is 46.5 Å². The lowest BCUT2D eigenvalue weighted by Gasteiger charge is -2.07. The van der Waals surface area contributed by atoms with Gasteiger partial charge in [0.05, 0.1) is 0 Å². The molecule has 3 aliphatic rings. The van der Waals surface area contributed by atoms with Crippen molar-refractivity contribution < 1.29 is 28.5 Å². The fourth-order valence-electron chi connectivity index (χ4n) is 5.67. The van der Waals surface area contributed by atoms with E-state index in [1.54, 1.807) is 24.3 Å². The van der Waals surface area contributed by atoms with Crippen LogP contribution in [0.3, 0.4) is 0 Å². The number of ether oxygens (including phenoxy) is 2. The van der Waals surface area contributed by atoms with Crippen molar-refractivity contribution in [3.63, 3.8) is 0 Å². The van der Waals surface area contributed by atoms with Gasteiger partial charge in [0.2, 0.25) is 0 Å². The van der Waals surface area contributed by atoms with Crippen LogP contribution in [-0.4, -0.2) is 16.5 Å². The average molecular weight is 521 g/mol. The molecule has 0 unspecified atom stereocenters. The molecule has 0 saturated carbocycles. The zero-order valence-corrected chi connectivity index (χ0v) is 20.9. The first-order valence-electron chi connectivity index (χ1n) is 13.2. The summed E-state index contributed by atoms with van der Waals surface area (Å²) in [6.45, 7) is 4.42.